The Hall–Kier alpha value is -0.260. The molecule has 1 fully saturated rings. The van der Waals surface area contributed by atoms with Crippen LogP contribution in [0.4, 0.5) is 0 Å². The van der Waals surface area contributed by atoms with Crippen molar-refractivity contribution in [2.75, 3.05) is 0 Å². The van der Waals surface area contributed by atoms with Gasteiger partial charge in [-0.05, 0) is 25.2 Å². The average molecular weight is 180 g/mol. The van der Waals surface area contributed by atoms with Gasteiger partial charge in [-0.1, -0.05) is 57.6 Å². The predicted octanol–water partition coefficient (Wildman–Crippen LogP) is 4.56. The predicted molar refractivity (Wildman–Crippen MR) is 59.8 cm³/mol. The van der Waals surface area contributed by atoms with Gasteiger partial charge in [-0.15, -0.1) is 0 Å². The number of rotatable bonds is 5. The largest absolute Gasteiger partial charge is 0.0914 e. The lowest BCUT2D eigenvalue weighted by molar-refractivity contribution is 0.453. The molecule has 1 rings (SSSR count). The van der Waals surface area contributed by atoms with E-state index in [1.807, 2.05) is 0 Å². The number of hydrogen-bond donors (Lipinski definition) is 0. The summed E-state index contributed by atoms with van der Waals surface area (Å²) >= 11 is 0. The van der Waals surface area contributed by atoms with Crippen LogP contribution in [0.25, 0.3) is 0 Å². The second kappa shape index (κ2) is 6.23. The maximum atomic E-state index is 2.33. The zero-order chi connectivity index (χ0) is 9.52. The molecule has 0 bridgehead atoms. The lowest BCUT2D eigenvalue weighted by Gasteiger charge is -2.10. The third-order valence-electron chi connectivity index (χ3n) is 3.27. The van der Waals surface area contributed by atoms with Crippen LogP contribution in [-0.2, 0) is 0 Å². The molecule has 13 heavy (non-hydrogen) atoms. The van der Waals surface area contributed by atoms with Gasteiger partial charge < -0.3 is 0 Å². The van der Waals surface area contributed by atoms with E-state index in [1.54, 1.807) is 0 Å². The smallest absolute Gasteiger partial charge is 0.0262 e. The molecule has 1 saturated carbocycles. The van der Waals surface area contributed by atoms with E-state index in [0.717, 1.165) is 11.8 Å². The van der Waals surface area contributed by atoms with Crippen LogP contribution in [0.15, 0.2) is 12.2 Å². The normalized spacial score (nSPS) is 21.4. The molecule has 0 amide bonds. The standard InChI is InChI=1S/C13H24/c1-3-7-12(2)8-6-11-13-9-4-5-10-13/h3,7,12-13H,4-6,8-11H2,1-2H3/b7-3-. The molecule has 1 aliphatic rings. The van der Waals surface area contributed by atoms with Crippen LogP contribution in [0.1, 0.15) is 58.8 Å². The Morgan fingerprint density at radius 3 is 2.62 bits per heavy atom. The second-order valence-corrected chi connectivity index (χ2v) is 4.58. The van der Waals surface area contributed by atoms with Crippen LogP contribution >= 0.6 is 0 Å². The number of allylic oxidation sites excluding steroid dienone is 2. The van der Waals surface area contributed by atoms with Gasteiger partial charge in [0.15, 0.2) is 0 Å². The van der Waals surface area contributed by atoms with Crippen LogP contribution in [0.2, 0.25) is 0 Å². The Kier molecular flexibility index (Phi) is 5.19. The van der Waals surface area contributed by atoms with E-state index in [2.05, 4.69) is 26.0 Å². The fourth-order valence-electron chi connectivity index (χ4n) is 2.45. The summed E-state index contributed by atoms with van der Waals surface area (Å²) in [5.41, 5.74) is 0. The summed E-state index contributed by atoms with van der Waals surface area (Å²) in [6, 6.07) is 0. The monoisotopic (exact) mass is 180 g/mol. The van der Waals surface area contributed by atoms with Crippen LogP contribution < -0.4 is 0 Å². The fourth-order valence-corrected chi connectivity index (χ4v) is 2.45. The van der Waals surface area contributed by atoms with E-state index in [0.29, 0.717) is 0 Å². The summed E-state index contributed by atoms with van der Waals surface area (Å²) in [6.07, 6.45) is 14.8. The minimum atomic E-state index is 0.798. The van der Waals surface area contributed by atoms with Gasteiger partial charge in [0.1, 0.15) is 0 Å². The van der Waals surface area contributed by atoms with Gasteiger partial charge in [-0.25, -0.2) is 0 Å². The second-order valence-electron chi connectivity index (χ2n) is 4.58. The minimum absolute atomic E-state index is 0.798. The van der Waals surface area contributed by atoms with Crippen molar-refractivity contribution in [1.82, 2.24) is 0 Å². The molecule has 0 heteroatoms. The Bertz CT molecular complexity index is 140. The molecule has 0 aromatic heterocycles. The molecule has 1 unspecified atom stereocenters. The Morgan fingerprint density at radius 2 is 2.00 bits per heavy atom. The van der Waals surface area contributed by atoms with E-state index in [4.69, 9.17) is 0 Å². The molecular formula is C13H24. The first-order valence-electron chi connectivity index (χ1n) is 5.95. The molecule has 0 radical (unpaired) electrons. The molecule has 0 aromatic carbocycles. The van der Waals surface area contributed by atoms with Gasteiger partial charge >= 0.3 is 0 Å². The van der Waals surface area contributed by atoms with Crippen molar-refractivity contribution in [1.29, 1.82) is 0 Å². The van der Waals surface area contributed by atoms with Gasteiger partial charge in [0.2, 0.25) is 0 Å². The van der Waals surface area contributed by atoms with Crippen LogP contribution in [0, 0.1) is 11.8 Å². The third-order valence-corrected chi connectivity index (χ3v) is 3.27. The maximum Gasteiger partial charge on any atom is -0.0262 e. The van der Waals surface area contributed by atoms with Crippen molar-refractivity contribution < 1.29 is 0 Å². The van der Waals surface area contributed by atoms with Crippen LogP contribution in [0.5, 0.6) is 0 Å². The quantitative estimate of drug-likeness (QED) is 0.544. The van der Waals surface area contributed by atoms with Crippen molar-refractivity contribution in [3.8, 4) is 0 Å². The minimum Gasteiger partial charge on any atom is -0.0914 e. The fraction of sp³-hybridized carbons (Fsp3) is 0.846. The van der Waals surface area contributed by atoms with Gasteiger partial charge in [0.05, 0.1) is 0 Å². The zero-order valence-electron chi connectivity index (χ0n) is 9.26. The Labute approximate surface area is 83.4 Å². The lowest BCUT2D eigenvalue weighted by Crippen LogP contribution is -1.95. The average Bonchev–Trinajstić information content (AvgIpc) is 2.57. The zero-order valence-corrected chi connectivity index (χ0v) is 9.26. The molecule has 1 atom stereocenters. The highest BCUT2D eigenvalue weighted by Crippen LogP contribution is 2.29. The summed E-state index contributed by atoms with van der Waals surface area (Å²) in [5, 5.41) is 0. The van der Waals surface area contributed by atoms with E-state index < -0.39 is 0 Å². The van der Waals surface area contributed by atoms with Crippen molar-refractivity contribution in [3.05, 3.63) is 12.2 Å². The van der Waals surface area contributed by atoms with Crippen molar-refractivity contribution in [2.45, 2.75) is 58.8 Å². The topological polar surface area (TPSA) is 0 Å². The summed E-state index contributed by atoms with van der Waals surface area (Å²) in [5.74, 6) is 1.88. The van der Waals surface area contributed by atoms with Gasteiger partial charge in [0, 0.05) is 0 Å². The van der Waals surface area contributed by atoms with Crippen molar-refractivity contribution in [3.63, 3.8) is 0 Å². The van der Waals surface area contributed by atoms with E-state index in [9.17, 15) is 0 Å². The maximum absolute atomic E-state index is 2.33. The molecule has 0 nitrogen and oxygen atoms in total. The Morgan fingerprint density at radius 1 is 1.31 bits per heavy atom. The van der Waals surface area contributed by atoms with Crippen molar-refractivity contribution in [2.24, 2.45) is 11.8 Å². The first kappa shape index (κ1) is 10.8. The van der Waals surface area contributed by atoms with Crippen LogP contribution in [0.3, 0.4) is 0 Å². The molecule has 0 spiro atoms. The SMILES string of the molecule is C/C=C\C(C)CCCC1CCCC1. The molecular weight excluding hydrogens is 156 g/mol. The van der Waals surface area contributed by atoms with E-state index in [1.165, 1.54) is 44.9 Å². The van der Waals surface area contributed by atoms with Gasteiger partial charge in [-0.2, -0.15) is 0 Å². The summed E-state index contributed by atoms with van der Waals surface area (Å²) < 4.78 is 0. The van der Waals surface area contributed by atoms with E-state index >= 15 is 0 Å². The lowest BCUT2D eigenvalue weighted by atomic mass is 9.96. The highest BCUT2D eigenvalue weighted by molar-refractivity contribution is 4.82. The van der Waals surface area contributed by atoms with Crippen LogP contribution in [-0.4, -0.2) is 0 Å². The highest BCUT2D eigenvalue weighted by Gasteiger charge is 2.14. The summed E-state index contributed by atoms with van der Waals surface area (Å²) in [6.45, 7) is 4.45. The third kappa shape index (κ3) is 4.50. The number of hydrogen-bond acceptors (Lipinski definition) is 0. The van der Waals surface area contributed by atoms with Gasteiger partial charge in [0.25, 0.3) is 0 Å². The Balaban J connectivity index is 1.99. The molecule has 0 saturated heterocycles. The molecule has 0 heterocycles. The molecule has 0 aromatic rings. The van der Waals surface area contributed by atoms with Gasteiger partial charge in [-0.3, -0.25) is 0 Å². The molecule has 76 valence electrons. The first-order chi connectivity index (χ1) is 6.33. The first-order valence-corrected chi connectivity index (χ1v) is 5.95. The summed E-state index contributed by atoms with van der Waals surface area (Å²) in [4.78, 5) is 0. The summed E-state index contributed by atoms with van der Waals surface area (Å²) in [7, 11) is 0. The highest BCUT2D eigenvalue weighted by atomic mass is 14.2. The van der Waals surface area contributed by atoms with Crippen molar-refractivity contribution >= 4 is 0 Å². The van der Waals surface area contributed by atoms with E-state index in [-0.39, 0.29) is 0 Å². The molecule has 1 aliphatic carbocycles. The molecule has 0 N–H and O–H groups in total. The molecule has 0 aliphatic heterocycles.